The van der Waals surface area contributed by atoms with E-state index in [-0.39, 0.29) is 24.3 Å². The van der Waals surface area contributed by atoms with E-state index in [0.717, 1.165) is 21.8 Å². The lowest BCUT2D eigenvalue weighted by Crippen LogP contribution is -2.38. The van der Waals surface area contributed by atoms with Crippen molar-refractivity contribution in [1.29, 1.82) is 0 Å². The van der Waals surface area contributed by atoms with E-state index < -0.39 is 0 Å². The van der Waals surface area contributed by atoms with Crippen LogP contribution in [0.3, 0.4) is 0 Å². The number of furan rings is 1. The maximum atomic E-state index is 13.4. The van der Waals surface area contributed by atoms with Crippen molar-refractivity contribution in [3.63, 3.8) is 0 Å². The summed E-state index contributed by atoms with van der Waals surface area (Å²) < 4.78 is 18.9. The second-order valence-electron chi connectivity index (χ2n) is 7.28. The number of halogens is 1. The van der Waals surface area contributed by atoms with E-state index in [2.05, 4.69) is 5.32 Å². The number of thiophene rings is 1. The molecule has 0 aliphatic rings. The summed E-state index contributed by atoms with van der Waals surface area (Å²) in [5.74, 6) is 0.398. The summed E-state index contributed by atoms with van der Waals surface area (Å²) in [5, 5.41) is 5.10. The topological polar surface area (TPSA) is 45.5 Å². The predicted octanol–water partition coefficient (Wildman–Crippen LogP) is 5.39. The molecule has 1 unspecified atom stereocenters. The second-order valence-corrected chi connectivity index (χ2v) is 8.26. The molecule has 0 saturated carbocycles. The summed E-state index contributed by atoms with van der Waals surface area (Å²) >= 11 is 1.56. The van der Waals surface area contributed by atoms with Crippen molar-refractivity contribution in [2.45, 2.75) is 19.1 Å². The average molecular weight is 435 g/mol. The van der Waals surface area contributed by atoms with Gasteiger partial charge in [0.1, 0.15) is 11.6 Å². The van der Waals surface area contributed by atoms with Crippen LogP contribution in [0.2, 0.25) is 0 Å². The summed E-state index contributed by atoms with van der Waals surface area (Å²) in [7, 11) is 0. The van der Waals surface area contributed by atoms with Crippen molar-refractivity contribution in [3.05, 3.63) is 118 Å². The van der Waals surface area contributed by atoms with Crippen LogP contribution in [-0.4, -0.2) is 17.4 Å². The molecule has 2 heterocycles. The van der Waals surface area contributed by atoms with Crippen LogP contribution in [0, 0.1) is 5.82 Å². The number of carbonyl (C=O) groups excluding carboxylic acids is 1. The van der Waals surface area contributed by atoms with Crippen molar-refractivity contribution in [2.75, 3.05) is 6.54 Å². The fourth-order valence-electron chi connectivity index (χ4n) is 3.47. The molecule has 1 amide bonds. The fourth-order valence-corrected chi connectivity index (χ4v) is 4.27. The lowest BCUT2D eigenvalue weighted by Gasteiger charge is -2.23. The number of carbonyl (C=O) groups is 1. The zero-order valence-electron chi connectivity index (χ0n) is 16.9. The SMILES string of the molecule is O=C(CN(Cc1ccccc1)Cc1ccco1)NC(c1ccc(F)cc1)c1cccs1. The minimum Gasteiger partial charge on any atom is -0.468 e. The lowest BCUT2D eigenvalue weighted by molar-refractivity contribution is -0.123. The Morgan fingerprint density at radius 1 is 0.968 bits per heavy atom. The van der Waals surface area contributed by atoms with Gasteiger partial charge in [-0.05, 0) is 46.8 Å². The largest absolute Gasteiger partial charge is 0.468 e. The van der Waals surface area contributed by atoms with Gasteiger partial charge in [0.05, 0.1) is 25.4 Å². The summed E-state index contributed by atoms with van der Waals surface area (Å²) in [6.45, 7) is 1.35. The average Bonchev–Trinajstić information content (AvgIpc) is 3.48. The van der Waals surface area contributed by atoms with Gasteiger partial charge in [-0.3, -0.25) is 9.69 Å². The Bertz CT molecular complexity index is 1060. The maximum absolute atomic E-state index is 13.4. The molecule has 6 heteroatoms. The van der Waals surface area contributed by atoms with Crippen LogP contribution in [0.25, 0.3) is 0 Å². The van der Waals surface area contributed by atoms with Gasteiger partial charge in [-0.15, -0.1) is 11.3 Å². The van der Waals surface area contributed by atoms with E-state index >= 15 is 0 Å². The van der Waals surface area contributed by atoms with Gasteiger partial charge in [0, 0.05) is 11.4 Å². The van der Waals surface area contributed by atoms with Crippen molar-refractivity contribution in [1.82, 2.24) is 10.2 Å². The molecule has 4 rings (SSSR count). The summed E-state index contributed by atoms with van der Waals surface area (Å²) in [6.07, 6.45) is 1.64. The van der Waals surface area contributed by atoms with Crippen molar-refractivity contribution >= 4 is 17.2 Å². The van der Waals surface area contributed by atoms with Crippen LogP contribution in [0.4, 0.5) is 4.39 Å². The molecule has 1 N–H and O–H groups in total. The van der Waals surface area contributed by atoms with Crippen molar-refractivity contribution < 1.29 is 13.6 Å². The van der Waals surface area contributed by atoms with Crippen LogP contribution in [0.15, 0.2) is 94.9 Å². The summed E-state index contributed by atoms with van der Waals surface area (Å²) in [5.41, 5.74) is 1.97. The molecule has 4 nitrogen and oxygen atoms in total. The number of nitrogens with one attached hydrogen (secondary N) is 1. The van der Waals surface area contributed by atoms with Gasteiger partial charge in [0.15, 0.2) is 0 Å². The first-order valence-corrected chi connectivity index (χ1v) is 10.9. The Morgan fingerprint density at radius 2 is 1.77 bits per heavy atom. The zero-order chi connectivity index (χ0) is 21.5. The Hall–Kier alpha value is -3.22. The van der Waals surface area contributed by atoms with Gasteiger partial charge in [-0.2, -0.15) is 0 Å². The smallest absolute Gasteiger partial charge is 0.234 e. The normalized spacial score (nSPS) is 12.1. The Morgan fingerprint density at radius 3 is 2.45 bits per heavy atom. The molecule has 158 valence electrons. The Balaban J connectivity index is 1.50. The van der Waals surface area contributed by atoms with E-state index in [1.807, 2.05) is 64.9 Å². The van der Waals surface area contributed by atoms with E-state index in [1.54, 1.807) is 29.7 Å². The minimum atomic E-state index is -0.324. The first-order chi connectivity index (χ1) is 15.2. The van der Waals surface area contributed by atoms with Gasteiger partial charge in [0.25, 0.3) is 0 Å². The predicted molar refractivity (Wildman–Crippen MR) is 120 cm³/mol. The molecule has 0 radical (unpaired) electrons. The van der Waals surface area contributed by atoms with Crippen LogP contribution >= 0.6 is 11.3 Å². The van der Waals surface area contributed by atoms with Crippen LogP contribution in [-0.2, 0) is 17.9 Å². The molecule has 0 fully saturated rings. The van der Waals surface area contributed by atoms with Crippen LogP contribution in [0.5, 0.6) is 0 Å². The second kappa shape index (κ2) is 10.2. The molecule has 0 aliphatic heterocycles. The highest BCUT2D eigenvalue weighted by Crippen LogP contribution is 2.26. The number of amides is 1. The molecule has 0 spiro atoms. The van der Waals surface area contributed by atoms with E-state index in [4.69, 9.17) is 4.42 Å². The summed E-state index contributed by atoms with van der Waals surface area (Å²) in [4.78, 5) is 16.1. The molecule has 4 aromatic rings. The zero-order valence-corrected chi connectivity index (χ0v) is 17.7. The molecular weight excluding hydrogens is 411 g/mol. The van der Waals surface area contributed by atoms with Gasteiger partial charge in [-0.25, -0.2) is 4.39 Å². The third kappa shape index (κ3) is 5.90. The number of hydrogen-bond acceptors (Lipinski definition) is 4. The number of nitrogens with zero attached hydrogens (tertiary/aromatic N) is 1. The van der Waals surface area contributed by atoms with E-state index in [0.29, 0.717) is 13.1 Å². The van der Waals surface area contributed by atoms with Gasteiger partial charge >= 0.3 is 0 Å². The highest BCUT2D eigenvalue weighted by molar-refractivity contribution is 7.10. The van der Waals surface area contributed by atoms with E-state index in [1.165, 1.54) is 12.1 Å². The number of rotatable bonds is 9. The Labute approximate surface area is 184 Å². The first-order valence-electron chi connectivity index (χ1n) is 10.0. The number of hydrogen-bond donors (Lipinski definition) is 1. The fraction of sp³-hybridized carbons (Fsp3) is 0.160. The molecule has 0 aliphatic carbocycles. The maximum Gasteiger partial charge on any atom is 0.234 e. The standard InChI is InChI=1S/C25H23FN2O2S/c26-21-12-10-20(11-13-21)25(23-9-5-15-31-23)27-24(29)18-28(17-22-8-4-14-30-22)16-19-6-2-1-3-7-19/h1-15,25H,16-18H2,(H,27,29). The molecule has 0 saturated heterocycles. The molecule has 2 aromatic carbocycles. The minimum absolute atomic E-state index is 0.106. The van der Waals surface area contributed by atoms with Crippen molar-refractivity contribution in [2.24, 2.45) is 0 Å². The van der Waals surface area contributed by atoms with Crippen LogP contribution in [0.1, 0.15) is 27.8 Å². The monoisotopic (exact) mass is 434 g/mol. The first kappa shape index (κ1) is 21.0. The highest BCUT2D eigenvalue weighted by Gasteiger charge is 2.20. The molecule has 0 bridgehead atoms. The van der Waals surface area contributed by atoms with Crippen molar-refractivity contribution in [3.8, 4) is 0 Å². The number of benzene rings is 2. The Kier molecular flexibility index (Phi) is 6.92. The summed E-state index contributed by atoms with van der Waals surface area (Å²) in [6, 6.07) is 23.6. The molecule has 31 heavy (non-hydrogen) atoms. The van der Waals surface area contributed by atoms with Crippen LogP contribution < -0.4 is 5.32 Å². The quantitative estimate of drug-likeness (QED) is 0.384. The van der Waals surface area contributed by atoms with E-state index in [9.17, 15) is 9.18 Å². The highest BCUT2D eigenvalue weighted by atomic mass is 32.1. The molecule has 1 atom stereocenters. The van der Waals surface area contributed by atoms with Gasteiger partial charge in [0.2, 0.25) is 5.91 Å². The molecule has 2 aromatic heterocycles. The third-order valence-corrected chi connectivity index (χ3v) is 5.85. The van der Waals surface area contributed by atoms with Gasteiger partial charge < -0.3 is 9.73 Å². The lowest BCUT2D eigenvalue weighted by atomic mass is 10.1. The third-order valence-electron chi connectivity index (χ3n) is 4.91. The van der Waals surface area contributed by atoms with Gasteiger partial charge in [-0.1, -0.05) is 48.5 Å². The molecular formula is C25H23FN2O2S.